The highest BCUT2D eigenvalue weighted by Crippen LogP contribution is 2.40. The van der Waals surface area contributed by atoms with Crippen molar-refractivity contribution in [3.8, 4) is 0 Å². The van der Waals surface area contributed by atoms with E-state index in [0.717, 1.165) is 42.2 Å². The average molecular weight is 434 g/mol. The molecule has 0 saturated heterocycles. The summed E-state index contributed by atoms with van der Waals surface area (Å²) in [6.45, 7) is 8.19. The van der Waals surface area contributed by atoms with Crippen LogP contribution in [0.4, 0.5) is 5.69 Å². The van der Waals surface area contributed by atoms with Crippen LogP contribution in [0.15, 0.2) is 35.0 Å². The van der Waals surface area contributed by atoms with E-state index >= 15 is 0 Å². The van der Waals surface area contributed by atoms with Crippen LogP contribution in [-0.2, 0) is 21.3 Å². The first kappa shape index (κ1) is 20.6. The van der Waals surface area contributed by atoms with E-state index in [2.05, 4.69) is 29.5 Å². The molecule has 0 bridgehead atoms. The minimum Gasteiger partial charge on any atom is -0.361 e. The molecule has 1 fully saturated rings. The Morgan fingerprint density at radius 1 is 1.21 bits per heavy atom. The predicted octanol–water partition coefficient (Wildman–Crippen LogP) is 4.75. The molecule has 8 heteroatoms. The Balaban J connectivity index is 1.66. The highest BCUT2D eigenvalue weighted by molar-refractivity contribution is 7.94. The third-order valence-electron chi connectivity index (χ3n) is 5.89. The fourth-order valence-corrected chi connectivity index (χ4v) is 6.06. The molecule has 1 aliphatic carbocycles. The summed E-state index contributed by atoms with van der Waals surface area (Å²) in [4.78, 5) is 7.00. The van der Waals surface area contributed by atoms with Gasteiger partial charge in [-0.1, -0.05) is 38.9 Å². The van der Waals surface area contributed by atoms with Crippen LogP contribution < -0.4 is 4.90 Å². The van der Waals surface area contributed by atoms with E-state index in [1.54, 1.807) is 6.20 Å². The fraction of sp³-hybridized carbons (Fsp3) is 0.571. The molecule has 158 valence electrons. The number of ether oxygens (including phenoxy) is 1. The van der Waals surface area contributed by atoms with E-state index in [-0.39, 0.29) is 0 Å². The van der Waals surface area contributed by atoms with Crippen molar-refractivity contribution in [3.05, 3.63) is 30.1 Å². The van der Waals surface area contributed by atoms with E-state index in [4.69, 9.17) is 4.74 Å². The van der Waals surface area contributed by atoms with Crippen LogP contribution in [0.2, 0.25) is 25.7 Å². The number of fused-ring (bicyclic) bond motifs is 3. The molecule has 6 nitrogen and oxygen atoms in total. The van der Waals surface area contributed by atoms with Crippen molar-refractivity contribution in [3.63, 3.8) is 0 Å². The Morgan fingerprint density at radius 3 is 2.69 bits per heavy atom. The van der Waals surface area contributed by atoms with Gasteiger partial charge in [-0.15, -0.1) is 0 Å². The Morgan fingerprint density at radius 2 is 1.97 bits per heavy atom. The van der Waals surface area contributed by atoms with Crippen LogP contribution in [-0.4, -0.2) is 38.7 Å². The van der Waals surface area contributed by atoms with E-state index in [1.165, 1.54) is 30.9 Å². The number of anilines is 1. The Bertz CT molecular complexity index is 1020. The number of hydrogen-bond acceptors (Lipinski definition) is 5. The monoisotopic (exact) mass is 433 g/mol. The van der Waals surface area contributed by atoms with Gasteiger partial charge in [0.2, 0.25) is 9.84 Å². The van der Waals surface area contributed by atoms with Gasteiger partial charge in [0.05, 0.1) is 17.3 Å². The fourth-order valence-electron chi connectivity index (χ4n) is 4.18. The van der Waals surface area contributed by atoms with Crippen molar-refractivity contribution in [2.75, 3.05) is 11.5 Å². The lowest BCUT2D eigenvalue weighted by Gasteiger charge is -2.36. The summed E-state index contributed by atoms with van der Waals surface area (Å²) < 4.78 is 33.2. The molecule has 0 aromatic carbocycles. The zero-order valence-electron chi connectivity index (χ0n) is 17.6. The van der Waals surface area contributed by atoms with Gasteiger partial charge in [-0.05, 0) is 25.0 Å². The van der Waals surface area contributed by atoms with E-state index in [9.17, 15) is 8.42 Å². The van der Waals surface area contributed by atoms with Crippen LogP contribution in [0.1, 0.15) is 32.1 Å². The predicted molar refractivity (Wildman–Crippen MR) is 120 cm³/mol. The maximum absolute atomic E-state index is 12.7. The average Bonchev–Trinajstić information content (AvgIpc) is 3.08. The second-order valence-corrected chi connectivity index (χ2v) is 16.8. The van der Waals surface area contributed by atoms with Crippen molar-refractivity contribution in [1.29, 1.82) is 0 Å². The van der Waals surface area contributed by atoms with Crippen LogP contribution >= 0.6 is 0 Å². The van der Waals surface area contributed by atoms with Gasteiger partial charge in [0.15, 0.2) is 0 Å². The smallest absolute Gasteiger partial charge is 0.204 e. The molecular weight excluding hydrogens is 402 g/mol. The molecule has 0 N–H and O–H groups in total. The molecule has 1 aliphatic heterocycles. The van der Waals surface area contributed by atoms with E-state index in [1.807, 2.05) is 16.8 Å². The summed E-state index contributed by atoms with van der Waals surface area (Å²) in [5.74, 6) is 0. The maximum Gasteiger partial charge on any atom is 0.204 e. The van der Waals surface area contributed by atoms with E-state index in [0.29, 0.717) is 17.7 Å². The van der Waals surface area contributed by atoms with Gasteiger partial charge in [-0.2, -0.15) is 0 Å². The second kappa shape index (κ2) is 7.89. The molecule has 3 heterocycles. The molecular formula is C21H31N3O3SSi. The van der Waals surface area contributed by atoms with Crippen molar-refractivity contribution in [2.45, 2.75) is 75.5 Å². The largest absolute Gasteiger partial charge is 0.361 e. The SMILES string of the molecule is C[Si](C)(C)CCOCn1ccc2c3c(cnc21)S(=O)(=O)C=CN3C1CCCCC1. The van der Waals surface area contributed by atoms with Crippen molar-refractivity contribution in [2.24, 2.45) is 0 Å². The van der Waals surface area contributed by atoms with Gasteiger partial charge in [-0.3, -0.25) is 0 Å². The van der Waals surface area contributed by atoms with Gasteiger partial charge in [0.25, 0.3) is 0 Å². The van der Waals surface area contributed by atoms with Crippen molar-refractivity contribution >= 4 is 34.6 Å². The first-order valence-electron chi connectivity index (χ1n) is 10.5. The number of pyridine rings is 1. The normalized spacial score (nSPS) is 19.6. The molecule has 1 saturated carbocycles. The number of rotatable bonds is 6. The van der Waals surface area contributed by atoms with Crippen molar-refractivity contribution in [1.82, 2.24) is 9.55 Å². The highest BCUT2D eigenvalue weighted by Gasteiger charge is 2.32. The Kier molecular flexibility index (Phi) is 5.61. The minimum atomic E-state index is -3.45. The first-order chi connectivity index (χ1) is 13.8. The number of hydrogen-bond donors (Lipinski definition) is 0. The van der Waals surface area contributed by atoms with Crippen LogP contribution in [0.3, 0.4) is 0 Å². The lowest BCUT2D eigenvalue weighted by atomic mass is 9.94. The summed E-state index contributed by atoms with van der Waals surface area (Å²) in [6, 6.07) is 3.44. The summed E-state index contributed by atoms with van der Waals surface area (Å²) >= 11 is 0. The lowest BCUT2D eigenvalue weighted by Crippen LogP contribution is -2.35. The zero-order chi connectivity index (χ0) is 20.6. The molecule has 0 spiro atoms. The topological polar surface area (TPSA) is 64.4 Å². The Labute approximate surface area is 174 Å². The summed E-state index contributed by atoms with van der Waals surface area (Å²) in [5.41, 5.74) is 1.56. The zero-order valence-corrected chi connectivity index (χ0v) is 19.4. The lowest BCUT2D eigenvalue weighted by molar-refractivity contribution is 0.0899. The summed E-state index contributed by atoms with van der Waals surface area (Å²) in [7, 11) is -4.58. The molecule has 4 rings (SSSR count). The molecule has 0 atom stereocenters. The number of aromatic nitrogens is 2. The summed E-state index contributed by atoms with van der Waals surface area (Å²) in [5, 5.41) is 2.21. The number of sulfone groups is 1. The molecule has 29 heavy (non-hydrogen) atoms. The molecule has 0 unspecified atom stereocenters. The van der Waals surface area contributed by atoms with Crippen LogP contribution in [0.5, 0.6) is 0 Å². The quantitative estimate of drug-likeness (QED) is 0.486. The van der Waals surface area contributed by atoms with E-state index < -0.39 is 17.9 Å². The third-order valence-corrected chi connectivity index (χ3v) is 8.98. The van der Waals surface area contributed by atoms with Gasteiger partial charge >= 0.3 is 0 Å². The van der Waals surface area contributed by atoms with Crippen molar-refractivity contribution < 1.29 is 13.2 Å². The molecule has 2 aromatic rings. The summed E-state index contributed by atoms with van der Waals surface area (Å²) in [6.07, 6.45) is 11.1. The molecule has 0 amide bonds. The molecule has 0 radical (unpaired) electrons. The second-order valence-electron chi connectivity index (χ2n) is 9.37. The molecule has 2 aromatic heterocycles. The van der Waals surface area contributed by atoms with Gasteiger partial charge in [-0.25, -0.2) is 13.4 Å². The number of nitrogens with zero attached hydrogens (tertiary/aromatic N) is 3. The third kappa shape index (κ3) is 4.29. The highest BCUT2D eigenvalue weighted by atomic mass is 32.2. The molecule has 2 aliphatic rings. The van der Waals surface area contributed by atoms with Gasteiger partial charge < -0.3 is 14.2 Å². The maximum atomic E-state index is 12.7. The minimum absolute atomic E-state index is 0.315. The first-order valence-corrected chi connectivity index (χ1v) is 15.8. The van der Waals surface area contributed by atoms with Gasteiger partial charge in [0, 0.05) is 38.5 Å². The van der Waals surface area contributed by atoms with Crippen LogP contribution in [0, 0.1) is 0 Å². The van der Waals surface area contributed by atoms with Gasteiger partial charge in [0.1, 0.15) is 17.3 Å². The standard InChI is InChI=1S/C21H31N3O3SSi/c1-29(2,3)14-12-27-16-23-10-9-18-20-19(15-22-21(18)23)28(25,26)13-11-24(20)17-7-5-4-6-8-17/h9-11,13,15,17H,4-8,12,14,16H2,1-3H3. The van der Waals surface area contributed by atoms with Crippen LogP contribution in [0.25, 0.3) is 11.0 Å². The Hall–Kier alpha value is -1.64.